The molecule has 7 heteroatoms. The summed E-state index contributed by atoms with van der Waals surface area (Å²) in [4.78, 5) is 11.5. The fourth-order valence-electron chi connectivity index (χ4n) is 1.27. The smallest absolute Gasteiger partial charge is 0.230 e. The Morgan fingerprint density at radius 2 is 2.44 bits per heavy atom. The third-order valence-corrected chi connectivity index (χ3v) is 3.86. The van der Waals surface area contributed by atoms with Crippen LogP contribution in [-0.2, 0) is 17.1 Å². The molecule has 1 N–H and O–H groups in total. The molecule has 0 unspecified atom stereocenters. The summed E-state index contributed by atoms with van der Waals surface area (Å²) in [5, 5.41) is 2.79. The molecule has 0 aromatic carbocycles. The van der Waals surface area contributed by atoms with Crippen LogP contribution in [0, 0.1) is 6.92 Å². The molecule has 2 aromatic rings. The number of hydrogen-bond donors (Lipinski definition) is 1. The third kappa shape index (κ3) is 3.85. The van der Waals surface area contributed by atoms with Crippen LogP contribution in [0.2, 0.25) is 0 Å². The Hall–Kier alpha value is -1.34. The summed E-state index contributed by atoms with van der Waals surface area (Å²) >= 11 is 2.74. The van der Waals surface area contributed by atoms with Crippen molar-refractivity contribution in [1.82, 2.24) is 14.1 Å². The van der Waals surface area contributed by atoms with Crippen LogP contribution >= 0.6 is 23.5 Å². The van der Waals surface area contributed by atoms with E-state index in [1.807, 2.05) is 13.0 Å². The summed E-state index contributed by atoms with van der Waals surface area (Å²) in [6, 6.07) is 3.63. The number of nitrogens with one attached hydrogen (secondary N) is 1. The van der Waals surface area contributed by atoms with Crippen LogP contribution < -0.4 is 5.32 Å². The van der Waals surface area contributed by atoms with Gasteiger partial charge in [0.25, 0.3) is 0 Å². The van der Waals surface area contributed by atoms with Gasteiger partial charge in [-0.1, -0.05) is 0 Å². The molecule has 0 atom stereocenters. The van der Waals surface area contributed by atoms with Crippen molar-refractivity contribution >= 4 is 29.4 Å². The van der Waals surface area contributed by atoms with Crippen LogP contribution in [0.5, 0.6) is 0 Å². The fraction of sp³-hybridized carbons (Fsp3) is 0.364. The van der Waals surface area contributed by atoms with Crippen molar-refractivity contribution in [2.45, 2.75) is 19.2 Å². The van der Waals surface area contributed by atoms with E-state index < -0.39 is 0 Å². The number of nitrogens with zero attached hydrogens (tertiary/aromatic N) is 2. The second-order valence-corrected chi connectivity index (χ2v) is 5.16. The highest BCUT2D eigenvalue weighted by Crippen LogP contribution is 2.13. The van der Waals surface area contributed by atoms with E-state index in [1.54, 1.807) is 12.3 Å². The van der Waals surface area contributed by atoms with Crippen molar-refractivity contribution < 1.29 is 9.21 Å². The zero-order valence-corrected chi connectivity index (χ0v) is 11.5. The summed E-state index contributed by atoms with van der Waals surface area (Å²) in [6.07, 6.45) is 1.59. The highest BCUT2D eigenvalue weighted by atomic mass is 32.2. The topological polar surface area (TPSA) is 68.0 Å². The number of furan rings is 1. The number of thioether (sulfide) groups is 1. The van der Waals surface area contributed by atoms with Crippen molar-refractivity contribution in [3.05, 3.63) is 35.5 Å². The van der Waals surface area contributed by atoms with Gasteiger partial charge in [0.15, 0.2) is 0 Å². The van der Waals surface area contributed by atoms with Crippen molar-refractivity contribution in [3.8, 4) is 0 Å². The Morgan fingerprint density at radius 3 is 3.11 bits per heavy atom. The van der Waals surface area contributed by atoms with Crippen molar-refractivity contribution in [2.75, 3.05) is 5.75 Å². The molecule has 2 aromatic heterocycles. The van der Waals surface area contributed by atoms with Gasteiger partial charge in [-0.25, -0.2) is 0 Å². The average molecular weight is 283 g/mol. The van der Waals surface area contributed by atoms with Crippen LogP contribution in [0.3, 0.4) is 0 Å². The lowest BCUT2D eigenvalue weighted by Gasteiger charge is -2.02. The molecule has 2 rings (SSSR count). The first-order valence-corrected chi connectivity index (χ1v) is 7.29. The minimum atomic E-state index is -0.00255. The molecule has 0 radical (unpaired) electrons. The molecule has 2 heterocycles. The van der Waals surface area contributed by atoms with E-state index >= 15 is 0 Å². The molecule has 96 valence electrons. The number of hydrogen-bond acceptors (Lipinski definition) is 6. The molecule has 1 amide bonds. The largest absolute Gasteiger partial charge is 0.467 e. The number of carbonyl (C=O) groups excluding carboxylic acids is 1. The average Bonchev–Trinajstić information content (AvgIpc) is 2.99. The lowest BCUT2D eigenvalue weighted by atomic mass is 10.4. The van der Waals surface area contributed by atoms with Crippen LogP contribution in [-0.4, -0.2) is 20.4 Å². The zero-order valence-electron chi connectivity index (χ0n) is 9.88. The van der Waals surface area contributed by atoms with E-state index in [9.17, 15) is 4.79 Å². The maximum absolute atomic E-state index is 11.5. The van der Waals surface area contributed by atoms with E-state index in [4.69, 9.17) is 4.42 Å². The van der Waals surface area contributed by atoms with Gasteiger partial charge in [-0.3, -0.25) is 4.79 Å². The van der Waals surface area contributed by atoms with Gasteiger partial charge in [-0.05, 0) is 19.1 Å². The Labute approximate surface area is 113 Å². The number of aromatic nitrogens is 2. The van der Waals surface area contributed by atoms with E-state index in [-0.39, 0.29) is 5.91 Å². The van der Waals surface area contributed by atoms with Crippen LogP contribution in [0.25, 0.3) is 0 Å². The lowest BCUT2D eigenvalue weighted by Crippen LogP contribution is -2.24. The Balaban J connectivity index is 1.65. The Bertz CT molecular complexity index is 496. The maximum Gasteiger partial charge on any atom is 0.230 e. The molecule has 0 aliphatic rings. The van der Waals surface area contributed by atoms with Gasteiger partial charge in [-0.2, -0.15) is 8.75 Å². The Kier molecular flexibility index (Phi) is 4.77. The quantitative estimate of drug-likeness (QED) is 0.878. The van der Waals surface area contributed by atoms with E-state index in [2.05, 4.69) is 14.1 Å². The van der Waals surface area contributed by atoms with E-state index in [0.29, 0.717) is 12.3 Å². The van der Waals surface area contributed by atoms with E-state index in [0.717, 1.165) is 22.9 Å². The number of rotatable bonds is 6. The third-order valence-electron chi connectivity index (χ3n) is 2.26. The summed E-state index contributed by atoms with van der Waals surface area (Å²) in [6.45, 7) is 2.36. The van der Waals surface area contributed by atoms with Crippen molar-refractivity contribution in [2.24, 2.45) is 0 Å². The number of amides is 1. The predicted molar refractivity (Wildman–Crippen MR) is 71.4 cm³/mol. The molecule has 5 nitrogen and oxygen atoms in total. The normalized spacial score (nSPS) is 10.5. The van der Waals surface area contributed by atoms with Crippen molar-refractivity contribution in [3.63, 3.8) is 0 Å². The fourth-order valence-corrected chi connectivity index (χ4v) is 2.77. The lowest BCUT2D eigenvalue weighted by molar-refractivity contribution is -0.118. The molecule has 0 saturated carbocycles. The molecule has 0 fully saturated rings. The molecule has 0 bridgehead atoms. The van der Waals surface area contributed by atoms with Gasteiger partial charge in [0.1, 0.15) is 5.76 Å². The van der Waals surface area contributed by atoms with Gasteiger partial charge in [0.2, 0.25) is 5.91 Å². The first kappa shape index (κ1) is 13.1. The molecule has 0 spiro atoms. The summed E-state index contributed by atoms with van der Waals surface area (Å²) in [5.41, 5.74) is 1.91. The molecular weight excluding hydrogens is 270 g/mol. The minimum Gasteiger partial charge on any atom is -0.467 e. The SMILES string of the molecule is Cc1nsnc1CSCC(=O)NCc1ccco1. The van der Waals surface area contributed by atoms with Gasteiger partial charge in [0.05, 0.1) is 41.7 Å². The first-order chi connectivity index (χ1) is 8.75. The van der Waals surface area contributed by atoms with Crippen molar-refractivity contribution in [1.29, 1.82) is 0 Å². The summed E-state index contributed by atoms with van der Waals surface area (Å²) < 4.78 is 13.4. The summed E-state index contributed by atoms with van der Waals surface area (Å²) in [5.74, 6) is 1.89. The van der Waals surface area contributed by atoms with Crippen LogP contribution in [0.1, 0.15) is 17.1 Å². The maximum atomic E-state index is 11.5. The minimum absolute atomic E-state index is 0.00255. The molecule has 0 saturated heterocycles. The monoisotopic (exact) mass is 283 g/mol. The highest BCUT2D eigenvalue weighted by molar-refractivity contribution is 7.99. The number of aryl methyl sites for hydroxylation is 1. The molecule has 0 aliphatic heterocycles. The predicted octanol–water partition coefficient (Wildman–Crippen LogP) is 1.99. The summed E-state index contributed by atoms with van der Waals surface area (Å²) in [7, 11) is 0. The van der Waals surface area contributed by atoms with E-state index in [1.165, 1.54) is 23.5 Å². The first-order valence-electron chi connectivity index (χ1n) is 5.40. The second-order valence-electron chi connectivity index (χ2n) is 3.65. The standard InChI is InChI=1S/C11H13N3O2S2/c1-8-10(14-18-13-8)6-17-7-11(15)12-5-9-3-2-4-16-9/h2-4H,5-7H2,1H3,(H,12,15). The zero-order chi connectivity index (χ0) is 12.8. The second kappa shape index (κ2) is 6.55. The van der Waals surface area contributed by atoms with Gasteiger partial charge in [-0.15, -0.1) is 11.8 Å². The van der Waals surface area contributed by atoms with Gasteiger partial charge < -0.3 is 9.73 Å². The highest BCUT2D eigenvalue weighted by Gasteiger charge is 2.06. The molecule has 18 heavy (non-hydrogen) atoms. The molecular formula is C11H13N3O2S2. The van der Waals surface area contributed by atoms with Crippen LogP contribution in [0.4, 0.5) is 0 Å². The van der Waals surface area contributed by atoms with Crippen LogP contribution in [0.15, 0.2) is 22.8 Å². The molecule has 0 aliphatic carbocycles. The Morgan fingerprint density at radius 1 is 1.56 bits per heavy atom. The number of carbonyl (C=O) groups is 1. The van der Waals surface area contributed by atoms with Gasteiger partial charge in [0, 0.05) is 5.75 Å². The van der Waals surface area contributed by atoms with Gasteiger partial charge >= 0.3 is 0 Å².